The first-order valence-corrected chi connectivity index (χ1v) is 12.2. The third kappa shape index (κ3) is 9.23. The molecule has 0 aliphatic heterocycles. The van der Waals surface area contributed by atoms with Crippen LogP contribution in [0.2, 0.25) is 0 Å². The van der Waals surface area contributed by atoms with Gasteiger partial charge in [-0.1, -0.05) is 60.7 Å². The quantitative estimate of drug-likeness (QED) is 0.510. The number of rotatable bonds is 10. The standard InChI is InChI=1S/C24H32N2O6S/c1-24(2,3)32-23(28)25-17-20(15-18-11-7-5-8-12-18)33(29,30)26-21(22(27)31-4)16-19-13-9-6-10-14-19/h5-14,20-21,26H,15-17H2,1-4H3,(H,25,28)/t20-,21+/m1/s1. The second kappa shape index (κ2) is 11.8. The third-order valence-corrected chi connectivity index (χ3v) is 6.52. The van der Waals surface area contributed by atoms with Crippen molar-refractivity contribution in [3.8, 4) is 0 Å². The molecular formula is C24H32N2O6S. The predicted molar refractivity (Wildman–Crippen MR) is 126 cm³/mol. The Balaban J connectivity index is 2.23. The number of ether oxygens (including phenoxy) is 2. The van der Waals surface area contributed by atoms with Crippen molar-refractivity contribution in [3.05, 3.63) is 71.8 Å². The zero-order chi connectivity index (χ0) is 24.5. The summed E-state index contributed by atoms with van der Waals surface area (Å²) in [5.74, 6) is -0.694. The van der Waals surface area contributed by atoms with Gasteiger partial charge in [-0.15, -0.1) is 0 Å². The topological polar surface area (TPSA) is 111 Å². The second-order valence-electron chi connectivity index (χ2n) is 8.62. The van der Waals surface area contributed by atoms with E-state index in [1.807, 2.05) is 12.1 Å². The molecular weight excluding hydrogens is 444 g/mol. The number of hydrogen-bond donors (Lipinski definition) is 2. The molecule has 2 aromatic rings. The highest BCUT2D eigenvalue weighted by Gasteiger charge is 2.32. The van der Waals surface area contributed by atoms with Gasteiger partial charge in [-0.25, -0.2) is 17.9 Å². The average molecular weight is 477 g/mol. The SMILES string of the molecule is COC(=O)[C@H](Cc1ccccc1)NS(=O)(=O)[C@@H](CNC(=O)OC(C)(C)C)Cc1ccccc1. The van der Waals surface area contributed by atoms with E-state index in [2.05, 4.69) is 10.0 Å². The van der Waals surface area contributed by atoms with Crippen molar-refractivity contribution in [1.82, 2.24) is 10.0 Å². The summed E-state index contributed by atoms with van der Waals surface area (Å²) in [6.45, 7) is 4.96. The Kier molecular flexibility index (Phi) is 9.43. The van der Waals surface area contributed by atoms with Gasteiger partial charge in [0.2, 0.25) is 10.0 Å². The molecule has 0 aromatic heterocycles. The molecule has 1 amide bonds. The van der Waals surface area contributed by atoms with Crippen molar-refractivity contribution in [2.75, 3.05) is 13.7 Å². The van der Waals surface area contributed by atoms with E-state index in [0.717, 1.165) is 11.1 Å². The number of nitrogens with one attached hydrogen (secondary N) is 2. The maximum atomic E-state index is 13.3. The number of benzene rings is 2. The molecule has 0 aliphatic carbocycles. The van der Waals surface area contributed by atoms with Crippen LogP contribution in [-0.2, 0) is 37.1 Å². The minimum atomic E-state index is -4.06. The number of alkyl carbamates (subject to hydrolysis) is 1. The van der Waals surface area contributed by atoms with Gasteiger partial charge in [-0.05, 0) is 44.7 Å². The number of methoxy groups -OCH3 is 1. The lowest BCUT2D eigenvalue weighted by Crippen LogP contribution is -2.50. The molecule has 0 bridgehead atoms. The van der Waals surface area contributed by atoms with Crippen LogP contribution in [0.3, 0.4) is 0 Å². The molecule has 2 N–H and O–H groups in total. The maximum absolute atomic E-state index is 13.3. The van der Waals surface area contributed by atoms with Crippen LogP contribution in [0, 0.1) is 0 Å². The predicted octanol–water partition coefficient (Wildman–Crippen LogP) is 2.83. The van der Waals surface area contributed by atoms with Gasteiger partial charge in [0.15, 0.2) is 0 Å². The van der Waals surface area contributed by atoms with E-state index in [1.165, 1.54) is 7.11 Å². The number of esters is 1. The van der Waals surface area contributed by atoms with Crippen LogP contribution in [0.25, 0.3) is 0 Å². The van der Waals surface area contributed by atoms with Crippen molar-refractivity contribution in [1.29, 1.82) is 0 Å². The van der Waals surface area contributed by atoms with Gasteiger partial charge in [-0.2, -0.15) is 0 Å². The highest BCUT2D eigenvalue weighted by molar-refractivity contribution is 7.90. The molecule has 180 valence electrons. The highest BCUT2D eigenvalue weighted by Crippen LogP contribution is 2.13. The van der Waals surface area contributed by atoms with Gasteiger partial charge in [0, 0.05) is 6.54 Å². The fourth-order valence-electron chi connectivity index (χ4n) is 3.14. The first-order chi connectivity index (χ1) is 15.5. The van der Waals surface area contributed by atoms with E-state index < -0.39 is 39.0 Å². The summed E-state index contributed by atoms with van der Waals surface area (Å²) >= 11 is 0. The summed E-state index contributed by atoms with van der Waals surface area (Å²) in [7, 11) is -2.85. The number of carbonyl (C=O) groups is 2. The summed E-state index contributed by atoms with van der Waals surface area (Å²) in [5, 5.41) is 1.49. The van der Waals surface area contributed by atoms with Crippen LogP contribution in [-0.4, -0.2) is 51.0 Å². The summed E-state index contributed by atoms with van der Waals surface area (Å²) in [4.78, 5) is 24.5. The minimum absolute atomic E-state index is 0.129. The smallest absolute Gasteiger partial charge is 0.407 e. The monoisotopic (exact) mass is 476 g/mol. The van der Waals surface area contributed by atoms with Crippen LogP contribution in [0.15, 0.2) is 60.7 Å². The molecule has 9 heteroatoms. The van der Waals surface area contributed by atoms with E-state index >= 15 is 0 Å². The van der Waals surface area contributed by atoms with Crippen molar-refractivity contribution in [3.63, 3.8) is 0 Å². The third-order valence-electron chi connectivity index (χ3n) is 4.69. The Morgan fingerprint density at radius 3 is 1.91 bits per heavy atom. The number of amides is 1. The first-order valence-electron chi connectivity index (χ1n) is 10.6. The molecule has 0 saturated carbocycles. The molecule has 33 heavy (non-hydrogen) atoms. The largest absolute Gasteiger partial charge is 0.468 e. The summed E-state index contributed by atoms with van der Waals surface area (Å²) < 4.78 is 39.2. The van der Waals surface area contributed by atoms with E-state index in [9.17, 15) is 18.0 Å². The van der Waals surface area contributed by atoms with Gasteiger partial charge in [0.1, 0.15) is 11.6 Å². The number of sulfonamides is 1. The maximum Gasteiger partial charge on any atom is 0.407 e. The van der Waals surface area contributed by atoms with Gasteiger partial charge < -0.3 is 14.8 Å². The molecule has 0 spiro atoms. The number of carbonyl (C=O) groups excluding carboxylic acids is 2. The average Bonchev–Trinajstić information content (AvgIpc) is 2.75. The summed E-state index contributed by atoms with van der Waals surface area (Å²) in [5.41, 5.74) is 0.834. The van der Waals surface area contributed by atoms with Crippen LogP contribution >= 0.6 is 0 Å². The van der Waals surface area contributed by atoms with Crippen LogP contribution in [0.4, 0.5) is 4.79 Å². The molecule has 2 rings (SSSR count). The van der Waals surface area contributed by atoms with Crippen LogP contribution in [0.5, 0.6) is 0 Å². The van der Waals surface area contributed by atoms with E-state index in [-0.39, 0.29) is 19.4 Å². The fourth-order valence-corrected chi connectivity index (χ4v) is 4.62. The molecule has 0 unspecified atom stereocenters. The normalized spacial score (nSPS) is 13.6. The zero-order valence-corrected chi connectivity index (χ0v) is 20.2. The first kappa shape index (κ1) is 26.3. The van der Waals surface area contributed by atoms with Gasteiger partial charge in [0.25, 0.3) is 0 Å². The molecule has 2 aromatic carbocycles. The summed E-state index contributed by atoms with van der Waals surface area (Å²) in [6, 6.07) is 17.0. The highest BCUT2D eigenvalue weighted by atomic mass is 32.2. The Morgan fingerprint density at radius 1 is 0.909 bits per heavy atom. The molecule has 2 atom stereocenters. The zero-order valence-electron chi connectivity index (χ0n) is 19.4. The molecule has 0 heterocycles. The van der Waals surface area contributed by atoms with Crippen LogP contribution in [0.1, 0.15) is 31.9 Å². The minimum Gasteiger partial charge on any atom is -0.468 e. The molecule has 0 saturated heterocycles. The van der Waals surface area contributed by atoms with Gasteiger partial charge in [0.05, 0.1) is 12.4 Å². The van der Waals surface area contributed by atoms with E-state index in [1.54, 1.807) is 69.3 Å². The summed E-state index contributed by atoms with van der Waals surface area (Å²) in [6.07, 6.45) is -0.459. The Hall–Kier alpha value is -2.91. The fraction of sp³-hybridized carbons (Fsp3) is 0.417. The van der Waals surface area contributed by atoms with E-state index in [0.29, 0.717) is 0 Å². The lowest BCUT2D eigenvalue weighted by atomic mass is 10.1. The van der Waals surface area contributed by atoms with E-state index in [4.69, 9.17) is 9.47 Å². The van der Waals surface area contributed by atoms with Crippen molar-refractivity contribution in [2.45, 2.75) is 50.5 Å². The molecule has 0 aliphatic rings. The Bertz CT molecular complexity index is 1000. The Morgan fingerprint density at radius 2 is 1.42 bits per heavy atom. The Labute approximate surface area is 195 Å². The lowest BCUT2D eigenvalue weighted by molar-refractivity contribution is -0.142. The van der Waals surface area contributed by atoms with Crippen molar-refractivity contribution < 1.29 is 27.5 Å². The second-order valence-corrected chi connectivity index (χ2v) is 10.6. The molecule has 0 radical (unpaired) electrons. The van der Waals surface area contributed by atoms with Crippen LogP contribution < -0.4 is 10.0 Å². The van der Waals surface area contributed by atoms with Crippen molar-refractivity contribution in [2.24, 2.45) is 0 Å². The molecule has 8 nitrogen and oxygen atoms in total. The lowest BCUT2D eigenvalue weighted by Gasteiger charge is -2.24. The van der Waals surface area contributed by atoms with Crippen molar-refractivity contribution >= 4 is 22.1 Å². The molecule has 0 fully saturated rings. The van der Waals surface area contributed by atoms with Gasteiger partial charge >= 0.3 is 12.1 Å². The van der Waals surface area contributed by atoms with Gasteiger partial charge in [-0.3, -0.25) is 4.79 Å². The number of hydrogen-bond acceptors (Lipinski definition) is 6.